The van der Waals surface area contributed by atoms with E-state index in [1.54, 1.807) is 14.1 Å². The summed E-state index contributed by atoms with van der Waals surface area (Å²) in [5, 5.41) is 2.40. The Morgan fingerprint density at radius 1 is 1.39 bits per heavy atom. The van der Waals surface area contributed by atoms with Crippen molar-refractivity contribution in [3.8, 4) is 0 Å². The maximum absolute atomic E-state index is 13.6. The Morgan fingerprint density at radius 3 is 2.28 bits per heavy atom. The minimum atomic E-state index is -0.843. The molecule has 0 aromatic heterocycles. The summed E-state index contributed by atoms with van der Waals surface area (Å²) in [5.74, 6) is -1.99. The first-order valence-corrected chi connectivity index (χ1v) is 5.46. The van der Waals surface area contributed by atoms with Crippen LogP contribution in [0.15, 0.2) is 12.1 Å². The van der Waals surface area contributed by atoms with Crippen molar-refractivity contribution < 1.29 is 13.6 Å². The molecule has 0 fully saturated rings. The monoisotopic (exact) mass is 273 g/mol. The van der Waals surface area contributed by atoms with E-state index in [2.05, 4.69) is 17.5 Å². The van der Waals surface area contributed by atoms with Gasteiger partial charge < -0.3 is 16.0 Å². The fraction of sp³-hybridized carbons (Fsp3) is 0.273. The van der Waals surface area contributed by atoms with Crippen LogP contribution in [0.25, 0.3) is 0 Å². The number of nitrogens with zero attached hydrogens (tertiary/aromatic N) is 1. The lowest BCUT2D eigenvalue weighted by Gasteiger charge is -2.13. The van der Waals surface area contributed by atoms with Crippen LogP contribution in [0.5, 0.6) is 0 Å². The number of nitrogens with two attached hydrogens (primary N) is 1. The van der Waals surface area contributed by atoms with Gasteiger partial charge in [0.25, 0.3) is 0 Å². The molecule has 0 radical (unpaired) electrons. The van der Waals surface area contributed by atoms with Crippen molar-refractivity contribution in [3.63, 3.8) is 0 Å². The lowest BCUT2D eigenvalue weighted by molar-refractivity contribution is -0.126. The number of nitrogens with one attached hydrogen (secondary N) is 1. The van der Waals surface area contributed by atoms with Gasteiger partial charge in [-0.3, -0.25) is 4.79 Å². The van der Waals surface area contributed by atoms with E-state index in [1.165, 1.54) is 4.90 Å². The van der Waals surface area contributed by atoms with Gasteiger partial charge in [0.15, 0.2) is 0 Å². The summed E-state index contributed by atoms with van der Waals surface area (Å²) in [6.07, 6.45) is 0. The van der Waals surface area contributed by atoms with Crippen molar-refractivity contribution in [1.29, 1.82) is 0 Å². The zero-order chi connectivity index (χ0) is 13.9. The Balaban J connectivity index is 2.91. The van der Waals surface area contributed by atoms with Gasteiger partial charge >= 0.3 is 0 Å². The Hall–Kier alpha value is -1.76. The predicted molar refractivity (Wildman–Crippen MR) is 69.4 cm³/mol. The number of hydrogen-bond acceptors (Lipinski definition) is 3. The van der Waals surface area contributed by atoms with Crippen LogP contribution in [-0.4, -0.2) is 36.4 Å². The number of thiocarbonyl (C=S) groups is 1. The molecule has 4 nitrogen and oxygen atoms in total. The highest BCUT2D eigenvalue weighted by molar-refractivity contribution is 7.80. The topological polar surface area (TPSA) is 58.4 Å². The highest BCUT2D eigenvalue weighted by Gasteiger charge is 2.13. The van der Waals surface area contributed by atoms with E-state index in [-0.39, 0.29) is 28.7 Å². The number of hydrogen-bond donors (Lipinski definition) is 2. The molecule has 7 heteroatoms. The summed E-state index contributed by atoms with van der Waals surface area (Å²) in [4.78, 5) is 12.5. The van der Waals surface area contributed by atoms with E-state index in [4.69, 9.17) is 5.73 Å². The molecule has 1 amide bonds. The summed E-state index contributed by atoms with van der Waals surface area (Å²) in [5.41, 5.74) is 5.01. The van der Waals surface area contributed by atoms with Crippen LogP contribution >= 0.6 is 12.2 Å². The van der Waals surface area contributed by atoms with Gasteiger partial charge in [-0.05, 0) is 12.1 Å². The van der Waals surface area contributed by atoms with Crippen LogP contribution in [0, 0.1) is 11.6 Å². The molecule has 3 N–H and O–H groups in total. The van der Waals surface area contributed by atoms with E-state index >= 15 is 0 Å². The molecule has 0 aliphatic heterocycles. The summed E-state index contributed by atoms with van der Waals surface area (Å²) in [7, 11) is 3.10. The summed E-state index contributed by atoms with van der Waals surface area (Å²) in [6, 6.07) is 2.04. The van der Waals surface area contributed by atoms with E-state index in [1.807, 2.05) is 0 Å². The molecule has 0 saturated heterocycles. The van der Waals surface area contributed by atoms with Crippen LogP contribution in [0.4, 0.5) is 14.5 Å². The molecule has 1 aromatic carbocycles. The fourth-order valence-corrected chi connectivity index (χ4v) is 1.32. The Kier molecular flexibility index (Phi) is 4.55. The Bertz CT molecular complexity index is 468. The van der Waals surface area contributed by atoms with Crippen molar-refractivity contribution in [1.82, 2.24) is 4.90 Å². The highest BCUT2D eigenvalue weighted by Crippen LogP contribution is 2.20. The van der Waals surface area contributed by atoms with Gasteiger partial charge in [0.2, 0.25) is 5.91 Å². The number of carbonyl (C=O) groups is 1. The quantitative estimate of drug-likeness (QED) is 0.807. The molecule has 98 valence electrons. The minimum absolute atomic E-state index is 0.0938. The average Bonchev–Trinajstić information content (AvgIpc) is 2.26. The Labute approximate surface area is 109 Å². The summed E-state index contributed by atoms with van der Waals surface area (Å²) < 4.78 is 27.2. The number of benzene rings is 1. The third kappa shape index (κ3) is 3.36. The first-order valence-electron chi connectivity index (χ1n) is 5.05. The van der Waals surface area contributed by atoms with Gasteiger partial charge in [-0.1, -0.05) is 12.2 Å². The second-order valence-corrected chi connectivity index (χ2v) is 4.26. The van der Waals surface area contributed by atoms with Crippen LogP contribution in [0.3, 0.4) is 0 Å². The molecule has 1 aromatic rings. The number of amides is 1. The second-order valence-electron chi connectivity index (χ2n) is 3.82. The second kappa shape index (κ2) is 5.72. The summed E-state index contributed by atoms with van der Waals surface area (Å²) >= 11 is 4.63. The average molecular weight is 273 g/mol. The van der Waals surface area contributed by atoms with E-state index < -0.39 is 11.6 Å². The molecule has 1 rings (SSSR count). The van der Waals surface area contributed by atoms with Crippen LogP contribution in [-0.2, 0) is 4.79 Å². The molecular formula is C11H13F2N3OS. The zero-order valence-electron chi connectivity index (χ0n) is 9.96. The molecule has 0 spiro atoms. The number of likely N-dealkylation sites (N-methyl/N-ethyl adjacent to an activating group) is 1. The predicted octanol–water partition coefficient (Wildman–Crippen LogP) is 1.10. The van der Waals surface area contributed by atoms with E-state index in [0.717, 1.165) is 12.1 Å². The number of halogens is 2. The molecule has 0 unspecified atom stereocenters. The molecule has 0 aliphatic rings. The van der Waals surface area contributed by atoms with Gasteiger partial charge in [0.1, 0.15) is 22.3 Å². The van der Waals surface area contributed by atoms with Gasteiger partial charge in [-0.15, -0.1) is 0 Å². The van der Waals surface area contributed by atoms with Crippen LogP contribution in [0.1, 0.15) is 5.56 Å². The Morgan fingerprint density at radius 2 is 1.89 bits per heavy atom. The summed E-state index contributed by atoms with van der Waals surface area (Å²) in [6.45, 7) is -0.201. The maximum atomic E-state index is 13.6. The van der Waals surface area contributed by atoms with Crippen LogP contribution < -0.4 is 11.1 Å². The van der Waals surface area contributed by atoms with Crippen LogP contribution in [0.2, 0.25) is 0 Å². The lowest BCUT2D eigenvalue weighted by atomic mass is 10.2. The molecule has 0 heterocycles. The normalized spacial score (nSPS) is 10.0. The van der Waals surface area contributed by atoms with Gasteiger partial charge in [0.05, 0.1) is 6.54 Å². The van der Waals surface area contributed by atoms with Crippen molar-refractivity contribution in [3.05, 3.63) is 29.3 Å². The molecule has 0 bridgehead atoms. The first-order chi connectivity index (χ1) is 8.32. The number of anilines is 1. The molecule has 0 atom stereocenters. The van der Waals surface area contributed by atoms with Crippen molar-refractivity contribution in [2.45, 2.75) is 0 Å². The fourth-order valence-electron chi connectivity index (χ4n) is 1.21. The molecule has 0 saturated carbocycles. The van der Waals surface area contributed by atoms with Gasteiger partial charge in [-0.25, -0.2) is 8.78 Å². The third-order valence-electron chi connectivity index (χ3n) is 2.24. The van der Waals surface area contributed by atoms with Crippen molar-refractivity contribution >= 4 is 28.8 Å². The highest BCUT2D eigenvalue weighted by atomic mass is 32.1. The van der Waals surface area contributed by atoms with Crippen molar-refractivity contribution in [2.75, 3.05) is 26.0 Å². The van der Waals surface area contributed by atoms with E-state index in [9.17, 15) is 13.6 Å². The van der Waals surface area contributed by atoms with Gasteiger partial charge in [-0.2, -0.15) is 0 Å². The first kappa shape index (κ1) is 14.3. The number of rotatable bonds is 4. The largest absolute Gasteiger partial charge is 0.389 e. The minimum Gasteiger partial charge on any atom is -0.389 e. The standard InChI is InChI=1S/C11H13F2N3OS/c1-16(2)9(17)5-15-10-7(12)3-6(11(14)18)4-8(10)13/h3-4,15H,5H2,1-2H3,(H2,14,18). The zero-order valence-corrected chi connectivity index (χ0v) is 10.8. The van der Waals surface area contributed by atoms with E-state index in [0.29, 0.717) is 0 Å². The maximum Gasteiger partial charge on any atom is 0.241 e. The smallest absolute Gasteiger partial charge is 0.241 e. The lowest BCUT2D eigenvalue weighted by Crippen LogP contribution is -2.29. The molecular weight excluding hydrogens is 260 g/mol. The SMILES string of the molecule is CN(C)C(=O)CNc1c(F)cc(C(N)=S)cc1F. The van der Waals surface area contributed by atoms with Gasteiger partial charge in [0, 0.05) is 19.7 Å². The molecule has 18 heavy (non-hydrogen) atoms. The third-order valence-corrected chi connectivity index (χ3v) is 2.48. The number of carbonyl (C=O) groups excluding carboxylic acids is 1. The van der Waals surface area contributed by atoms with Crippen molar-refractivity contribution in [2.24, 2.45) is 5.73 Å². The molecule has 0 aliphatic carbocycles.